The van der Waals surface area contributed by atoms with E-state index in [9.17, 15) is 9.59 Å². The monoisotopic (exact) mass is 582 g/mol. The molecule has 3 aliphatic heterocycles. The second kappa shape index (κ2) is 10.8. The predicted octanol–water partition coefficient (Wildman–Crippen LogP) is 4.90. The lowest BCUT2D eigenvalue weighted by molar-refractivity contribution is 0.0949. The van der Waals surface area contributed by atoms with E-state index in [1.807, 2.05) is 4.90 Å². The van der Waals surface area contributed by atoms with Crippen LogP contribution in [-0.4, -0.2) is 64.6 Å². The molecular weight excluding hydrogens is 551 g/mol. The van der Waals surface area contributed by atoms with E-state index in [1.165, 1.54) is 12.3 Å². The Labute approximate surface area is 246 Å². The van der Waals surface area contributed by atoms with E-state index < -0.39 is 17.2 Å². The lowest BCUT2D eigenvalue weighted by Gasteiger charge is -2.29. The number of aromatic nitrogens is 3. The number of fused-ring (bicyclic) bond motifs is 2. The van der Waals surface area contributed by atoms with Gasteiger partial charge in [0.25, 0.3) is 5.91 Å². The van der Waals surface area contributed by atoms with Crippen LogP contribution in [0.2, 0.25) is 0 Å². The zero-order valence-corrected chi connectivity index (χ0v) is 23.7. The number of nitrogens with one attached hydrogen (secondary N) is 2. The van der Waals surface area contributed by atoms with Crippen LogP contribution in [0.25, 0.3) is 16.6 Å². The van der Waals surface area contributed by atoms with Gasteiger partial charge in [0, 0.05) is 62.4 Å². The second-order valence-electron chi connectivity index (χ2n) is 11.4. The van der Waals surface area contributed by atoms with Crippen LogP contribution in [0.1, 0.15) is 47.7 Å². The predicted molar refractivity (Wildman–Crippen MR) is 159 cm³/mol. The molecule has 2 aromatic carbocycles. The third-order valence-corrected chi connectivity index (χ3v) is 8.90. The van der Waals surface area contributed by atoms with E-state index in [0.717, 1.165) is 37.9 Å². The topological polar surface area (TPSA) is 129 Å². The molecule has 220 valence electrons. The number of ether oxygens (including phenoxy) is 1. The van der Waals surface area contributed by atoms with Crippen LogP contribution in [-0.2, 0) is 0 Å². The number of carbonyl (C=O) groups is 1. The Morgan fingerprint density at radius 2 is 2.12 bits per heavy atom. The Hall–Kier alpha value is -4.71. The highest BCUT2D eigenvalue weighted by molar-refractivity contribution is 6.01. The second-order valence-corrected chi connectivity index (χ2v) is 11.4. The summed E-state index contributed by atoms with van der Waals surface area (Å²) in [6, 6.07) is 6.58. The normalized spacial score (nSPS) is 19.3. The molecule has 7 rings (SSSR count). The molecule has 2 unspecified atom stereocenters. The number of benzene rings is 2. The first-order chi connectivity index (χ1) is 20.9. The Morgan fingerprint density at radius 3 is 2.88 bits per heavy atom. The van der Waals surface area contributed by atoms with Crippen molar-refractivity contribution in [2.45, 2.75) is 37.6 Å². The summed E-state index contributed by atoms with van der Waals surface area (Å²) in [5.41, 5.74) is 9.22. The fourth-order valence-corrected chi connectivity index (χ4v) is 6.64. The van der Waals surface area contributed by atoms with Crippen molar-refractivity contribution in [3.63, 3.8) is 0 Å². The standard InChI is InChI=1S/C31H31FN8O3/c1-38-11-2-3-20(38)6-8-36-31(42)22-17-40-25-5-4-19(37-33)13-26(25)43-30-27(40)21(29(22)41)14-23(32)28(30)39-12-7-18(16-39)24-15-34-9-10-35-24/h4-5,9-10,13-15,17-18,20,33H,2-3,6-8,11-12,16H2,1H3,(H,36,42). The van der Waals surface area contributed by atoms with Crippen molar-refractivity contribution < 1.29 is 13.9 Å². The smallest absolute Gasteiger partial charge is 0.256 e. The minimum atomic E-state index is -0.613. The molecule has 1 amide bonds. The van der Waals surface area contributed by atoms with Gasteiger partial charge in [-0.15, -0.1) is 0 Å². The van der Waals surface area contributed by atoms with E-state index in [-0.39, 0.29) is 28.3 Å². The highest BCUT2D eigenvalue weighted by Gasteiger charge is 2.34. The molecule has 4 aromatic rings. The van der Waals surface area contributed by atoms with Gasteiger partial charge in [-0.25, -0.2) is 9.92 Å². The maximum atomic E-state index is 16.1. The summed E-state index contributed by atoms with van der Waals surface area (Å²) in [7, 11) is 2.08. The van der Waals surface area contributed by atoms with Crippen molar-refractivity contribution >= 4 is 28.2 Å². The van der Waals surface area contributed by atoms with Crippen molar-refractivity contribution in [1.82, 2.24) is 24.8 Å². The molecule has 12 heteroatoms. The summed E-state index contributed by atoms with van der Waals surface area (Å²) >= 11 is 0. The molecule has 2 saturated heterocycles. The number of amides is 1. The van der Waals surface area contributed by atoms with Gasteiger partial charge in [-0.2, -0.15) is 5.11 Å². The number of nitrogens with zero attached hydrogens (tertiary/aromatic N) is 6. The van der Waals surface area contributed by atoms with Crippen LogP contribution in [0.4, 0.5) is 15.8 Å². The van der Waals surface area contributed by atoms with Gasteiger partial charge in [0.15, 0.2) is 17.3 Å². The molecule has 2 atom stereocenters. The molecule has 43 heavy (non-hydrogen) atoms. The first kappa shape index (κ1) is 27.1. The molecule has 0 bridgehead atoms. The summed E-state index contributed by atoms with van der Waals surface area (Å²) in [5.74, 6) is -0.522. The number of carbonyl (C=O) groups excluding carboxylic acids is 1. The van der Waals surface area contributed by atoms with Gasteiger partial charge in [0.1, 0.15) is 16.8 Å². The van der Waals surface area contributed by atoms with E-state index in [2.05, 4.69) is 32.3 Å². The van der Waals surface area contributed by atoms with Gasteiger partial charge in [-0.1, -0.05) is 0 Å². The number of likely N-dealkylation sites (tertiary alicyclic amines) is 1. The summed E-state index contributed by atoms with van der Waals surface area (Å²) < 4.78 is 24.1. The Balaban J connectivity index is 1.31. The molecule has 0 saturated carbocycles. The first-order valence-electron chi connectivity index (χ1n) is 14.5. The molecule has 2 fully saturated rings. The van der Waals surface area contributed by atoms with Crippen LogP contribution < -0.4 is 20.4 Å². The lowest BCUT2D eigenvalue weighted by atomic mass is 10.0. The van der Waals surface area contributed by atoms with Crippen LogP contribution in [0.3, 0.4) is 0 Å². The lowest BCUT2D eigenvalue weighted by Crippen LogP contribution is -2.34. The van der Waals surface area contributed by atoms with Gasteiger partial charge < -0.3 is 24.4 Å². The fourth-order valence-electron chi connectivity index (χ4n) is 6.64. The van der Waals surface area contributed by atoms with Gasteiger partial charge in [0.2, 0.25) is 5.43 Å². The number of pyridine rings is 1. The number of hydrogen-bond acceptors (Lipinski definition) is 9. The third-order valence-electron chi connectivity index (χ3n) is 8.90. The van der Waals surface area contributed by atoms with Gasteiger partial charge in [-0.3, -0.25) is 19.6 Å². The highest BCUT2D eigenvalue weighted by Crippen LogP contribution is 2.48. The van der Waals surface area contributed by atoms with Crippen molar-refractivity contribution in [3.8, 4) is 17.2 Å². The SMILES string of the molecule is CN1CCCC1CCNC(=O)c1cn2c3c(c(N4CCC(c5cnccn5)C4)c(F)cc3c1=O)Oc1cc(N=N)ccc1-2. The van der Waals surface area contributed by atoms with Gasteiger partial charge >= 0.3 is 0 Å². The van der Waals surface area contributed by atoms with Crippen molar-refractivity contribution in [3.05, 3.63) is 76.4 Å². The minimum absolute atomic E-state index is 0.0536. The average molecular weight is 583 g/mol. The number of hydrogen-bond donors (Lipinski definition) is 2. The molecule has 2 aromatic heterocycles. The third kappa shape index (κ3) is 4.71. The molecule has 2 N–H and O–H groups in total. The van der Waals surface area contributed by atoms with Crippen molar-refractivity contribution in [2.75, 3.05) is 38.1 Å². The van der Waals surface area contributed by atoms with Gasteiger partial charge in [-0.05, 0) is 57.5 Å². The quantitative estimate of drug-likeness (QED) is 0.261. The van der Waals surface area contributed by atoms with E-state index >= 15 is 4.39 Å². The number of rotatable bonds is 7. The van der Waals surface area contributed by atoms with E-state index in [4.69, 9.17) is 10.3 Å². The molecular formula is C31H31FN8O3. The number of halogens is 1. The molecule has 3 aliphatic rings. The van der Waals surface area contributed by atoms with Crippen LogP contribution >= 0.6 is 0 Å². The Bertz CT molecular complexity index is 1810. The Morgan fingerprint density at radius 1 is 1.23 bits per heavy atom. The van der Waals surface area contributed by atoms with Crippen molar-refractivity contribution in [1.29, 1.82) is 5.53 Å². The average Bonchev–Trinajstić information content (AvgIpc) is 3.67. The minimum Gasteiger partial charge on any atom is -0.451 e. The summed E-state index contributed by atoms with van der Waals surface area (Å²) in [6.07, 6.45) is 10.3. The molecule has 5 heterocycles. The van der Waals surface area contributed by atoms with E-state index in [1.54, 1.807) is 41.4 Å². The maximum Gasteiger partial charge on any atom is 0.256 e. The van der Waals surface area contributed by atoms with Crippen LogP contribution in [0.15, 0.2) is 59.0 Å². The fraction of sp³-hybridized carbons (Fsp3) is 0.355. The van der Waals surface area contributed by atoms with Crippen LogP contribution in [0.5, 0.6) is 11.5 Å². The molecule has 0 aliphatic carbocycles. The van der Waals surface area contributed by atoms with Gasteiger partial charge in [0.05, 0.1) is 22.5 Å². The zero-order valence-electron chi connectivity index (χ0n) is 23.7. The highest BCUT2D eigenvalue weighted by atomic mass is 19.1. The molecule has 0 spiro atoms. The van der Waals surface area contributed by atoms with E-state index in [0.29, 0.717) is 48.3 Å². The maximum absolute atomic E-state index is 16.1. The number of anilines is 1. The molecule has 0 radical (unpaired) electrons. The van der Waals surface area contributed by atoms with Crippen molar-refractivity contribution in [2.24, 2.45) is 5.11 Å². The summed E-state index contributed by atoms with van der Waals surface area (Å²) in [4.78, 5) is 39.9. The Kier molecular flexibility index (Phi) is 6.85. The zero-order chi connectivity index (χ0) is 29.7. The largest absolute Gasteiger partial charge is 0.451 e. The summed E-state index contributed by atoms with van der Waals surface area (Å²) in [5, 5.41) is 6.49. The first-order valence-corrected chi connectivity index (χ1v) is 14.5. The van der Waals surface area contributed by atoms with Crippen LogP contribution in [0, 0.1) is 11.3 Å². The summed E-state index contributed by atoms with van der Waals surface area (Å²) in [6.45, 7) is 2.52. The molecule has 11 nitrogen and oxygen atoms in total.